The molecule has 1 fully saturated rings. The fourth-order valence-electron chi connectivity index (χ4n) is 3.56. The van der Waals surface area contributed by atoms with Crippen molar-refractivity contribution in [1.82, 2.24) is 19.7 Å². The van der Waals surface area contributed by atoms with E-state index in [1.807, 2.05) is 53.0 Å². The zero-order valence-electron chi connectivity index (χ0n) is 14.4. The molecule has 1 amide bonds. The van der Waals surface area contributed by atoms with Crippen LogP contribution in [0.4, 0.5) is 0 Å². The molecule has 1 unspecified atom stereocenters. The number of aromatic nitrogens is 3. The number of amides is 1. The number of aromatic amines is 1. The zero-order valence-corrected chi connectivity index (χ0v) is 14.4. The Kier molecular flexibility index (Phi) is 4.14. The van der Waals surface area contributed by atoms with Gasteiger partial charge in [0.05, 0.1) is 5.69 Å². The molecule has 0 aliphatic carbocycles. The number of aryl methyl sites for hydroxylation is 1. The first-order valence-corrected chi connectivity index (χ1v) is 8.73. The molecule has 2 aromatic heterocycles. The molecule has 128 valence electrons. The number of nitrogens with zero attached hydrogens (tertiary/aromatic N) is 3. The predicted octanol–water partition coefficient (Wildman–Crippen LogP) is 3.44. The molecule has 1 aliphatic rings. The smallest absolute Gasteiger partial charge is 0.270 e. The first kappa shape index (κ1) is 15.7. The molecule has 0 bridgehead atoms. The van der Waals surface area contributed by atoms with Crippen molar-refractivity contribution in [3.05, 3.63) is 66.1 Å². The highest BCUT2D eigenvalue weighted by Crippen LogP contribution is 2.29. The number of carbonyl (C=O) groups is 1. The molecule has 0 radical (unpaired) electrons. The molecule has 0 saturated carbocycles. The maximum Gasteiger partial charge on any atom is 0.270 e. The second-order valence-corrected chi connectivity index (χ2v) is 6.67. The van der Waals surface area contributed by atoms with Gasteiger partial charge in [-0.25, -0.2) is 0 Å². The van der Waals surface area contributed by atoms with E-state index in [1.54, 1.807) is 0 Å². The lowest BCUT2D eigenvalue weighted by Gasteiger charge is -2.32. The highest BCUT2D eigenvalue weighted by Gasteiger charge is 2.27. The van der Waals surface area contributed by atoms with Crippen molar-refractivity contribution in [2.24, 2.45) is 7.05 Å². The third-order valence-electron chi connectivity index (χ3n) is 4.98. The molecule has 1 atom stereocenters. The Morgan fingerprint density at radius 3 is 2.80 bits per heavy atom. The van der Waals surface area contributed by atoms with Crippen LogP contribution in [0.1, 0.15) is 34.9 Å². The van der Waals surface area contributed by atoms with E-state index in [2.05, 4.69) is 28.4 Å². The van der Waals surface area contributed by atoms with Gasteiger partial charge in [0, 0.05) is 43.5 Å². The lowest BCUT2D eigenvalue weighted by molar-refractivity contribution is 0.0696. The van der Waals surface area contributed by atoms with Gasteiger partial charge in [-0.2, -0.15) is 5.10 Å². The van der Waals surface area contributed by atoms with Crippen molar-refractivity contribution in [3.8, 4) is 11.3 Å². The van der Waals surface area contributed by atoms with Crippen molar-refractivity contribution < 1.29 is 4.79 Å². The molecular formula is C20H22N4O. The summed E-state index contributed by atoms with van der Waals surface area (Å²) in [5.41, 5.74) is 3.93. The summed E-state index contributed by atoms with van der Waals surface area (Å²) in [5.74, 6) is 0.419. The van der Waals surface area contributed by atoms with Crippen molar-refractivity contribution in [2.75, 3.05) is 13.1 Å². The molecule has 5 heteroatoms. The van der Waals surface area contributed by atoms with E-state index in [-0.39, 0.29) is 5.91 Å². The van der Waals surface area contributed by atoms with E-state index in [0.29, 0.717) is 5.92 Å². The van der Waals surface area contributed by atoms with Crippen molar-refractivity contribution in [2.45, 2.75) is 18.8 Å². The maximum atomic E-state index is 12.8. The molecule has 1 aliphatic heterocycles. The molecule has 0 spiro atoms. The van der Waals surface area contributed by atoms with Gasteiger partial charge in [-0.05, 0) is 31.0 Å². The fraction of sp³-hybridized carbons (Fsp3) is 0.300. The second kappa shape index (κ2) is 6.59. The molecular weight excluding hydrogens is 312 g/mol. The number of piperidine rings is 1. The molecule has 1 aromatic carbocycles. The summed E-state index contributed by atoms with van der Waals surface area (Å²) < 4.78 is 1.88. The van der Waals surface area contributed by atoms with Crippen LogP contribution in [0.25, 0.3) is 11.3 Å². The summed E-state index contributed by atoms with van der Waals surface area (Å²) >= 11 is 0. The number of hydrogen-bond acceptors (Lipinski definition) is 2. The Hall–Kier alpha value is -2.82. The summed E-state index contributed by atoms with van der Waals surface area (Å²) in [4.78, 5) is 14.7. The number of hydrogen-bond donors (Lipinski definition) is 1. The van der Waals surface area contributed by atoms with Gasteiger partial charge in [0.1, 0.15) is 5.69 Å². The van der Waals surface area contributed by atoms with Crippen LogP contribution in [0, 0.1) is 0 Å². The third-order valence-corrected chi connectivity index (χ3v) is 4.98. The Morgan fingerprint density at radius 1 is 1.20 bits per heavy atom. The largest absolute Gasteiger partial charge is 0.347 e. The van der Waals surface area contributed by atoms with E-state index in [4.69, 9.17) is 0 Å². The number of H-pyrrole nitrogens is 1. The number of benzene rings is 1. The van der Waals surface area contributed by atoms with Gasteiger partial charge in [-0.1, -0.05) is 30.3 Å². The molecule has 1 N–H and O–H groups in total. The quantitative estimate of drug-likeness (QED) is 0.798. The third kappa shape index (κ3) is 3.09. The molecule has 25 heavy (non-hydrogen) atoms. The van der Waals surface area contributed by atoms with E-state index in [1.165, 1.54) is 0 Å². The Labute approximate surface area is 147 Å². The van der Waals surface area contributed by atoms with Crippen molar-refractivity contribution in [3.63, 3.8) is 0 Å². The standard InChI is InChI=1S/C20H22N4O/c1-23-11-6-10-19(23)20(25)24-12-5-9-16(14-24)18-13-17(21-22-18)15-7-3-2-4-8-15/h2-4,6-8,10-11,13,16H,5,9,12,14H2,1H3,(H,21,22). The van der Waals surface area contributed by atoms with E-state index < -0.39 is 0 Å². The Bertz CT molecular complexity index is 865. The van der Waals surface area contributed by atoms with Gasteiger partial charge in [0.2, 0.25) is 0 Å². The highest BCUT2D eigenvalue weighted by atomic mass is 16.2. The van der Waals surface area contributed by atoms with Gasteiger partial charge in [0.25, 0.3) is 5.91 Å². The predicted molar refractivity (Wildman–Crippen MR) is 97.3 cm³/mol. The average Bonchev–Trinajstić information content (AvgIpc) is 3.31. The first-order chi connectivity index (χ1) is 12.2. The summed E-state index contributed by atoms with van der Waals surface area (Å²) in [6, 6.07) is 16.1. The van der Waals surface area contributed by atoms with Crippen LogP contribution in [0.2, 0.25) is 0 Å². The van der Waals surface area contributed by atoms with E-state index >= 15 is 0 Å². The van der Waals surface area contributed by atoms with Crippen LogP contribution in [0.3, 0.4) is 0 Å². The monoisotopic (exact) mass is 334 g/mol. The topological polar surface area (TPSA) is 53.9 Å². The van der Waals surface area contributed by atoms with Crippen LogP contribution in [0.15, 0.2) is 54.7 Å². The van der Waals surface area contributed by atoms with Crippen LogP contribution < -0.4 is 0 Å². The minimum Gasteiger partial charge on any atom is -0.347 e. The summed E-state index contributed by atoms with van der Waals surface area (Å²) in [6.45, 7) is 1.56. The van der Waals surface area contributed by atoms with Crippen LogP contribution in [-0.2, 0) is 7.05 Å². The minimum atomic E-state index is 0.111. The Balaban J connectivity index is 1.51. The highest BCUT2D eigenvalue weighted by molar-refractivity contribution is 5.92. The molecule has 3 aromatic rings. The minimum absolute atomic E-state index is 0.111. The second-order valence-electron chi connectivity index (χ2n) is 6.67. The van der Waals surface area contributed by atoms with Crippen LogP contribution >= 0.6 is 0 Å². The maximum absolute atomic E-state index is 12.8. The Morgan fingerprint density at radius 2 is 2.04 bits per heavy atom. The van der Waals surface area contributed by atoms with Crippen molar-refractivity contribution >= 4 is 5.91 Å². The molecule has 5 nitrogen and oxygen atoms in total. The van der Waals surface area contributed by atoms with E-state index in [0.717, 1.165) is 48.6 Å². The molecule has 4 rings (SSSR count). The van der Waals surface area contributed by atoms with Gasteiger partial charge < -0.3 is 9.47 Å². The summed E-state index contributed by atoms with van der Waals surface area (Å²) in [6.07, 6.45) is 4.00. The summed E-state index contributed by atoms with van der Waals surface area (Å²) in [7, 11) is 1.91. The van der Waals surface area contributed by atoms with Crippen LogP contribution in [-0.4, -0.2) is 38.7 Å². The van der Waals surface area contributed by atoms with Crippen molar-refractivity contribution in [1.29, 1.82) is 0 Å². The van der Waals surface area contributed by atoms with Gasteiger partial charge in [0.15, 0.2) is 0 Å². The lowest BCUT2D eigenvalue weighted by Crippen LogP contribution is -2.39. The normalized spacial score (nSPS) is 17.6. The molecule has 1 saturated heterocycles. The SMILES string of the molecule is Cn1cccc1C(=O)N1CCCC(c2cc(-c3ccccc3)n[nH]2)C1. The van der Waals surface area contributed by atoms with Gasteiger partial charge >= 0.3 is 0 Å². The number of nitrogens with one attached hydrogen (secondary N) is 1. The van der Waals surface area contributed by atoms with Gasteiger partial charge in [-0.15, -0.1) is 0 Å². The lowest BCUT2D eigenvalue weighted by atomic mass is 9.94. The average molecular weight is 334 g/mol. The van der Waals surface area contributed by atoms with Crippen LogP contribution in [0.5, 0.6) is 0 Å². The van der Waals surface area contributed by atoms with E-state index in [9.17, 15) is 4.79 Å². The first-order valence-electron chi connectivity index (χ1n) is 8.73. The number of likely N-dealkylation sites (tertiary alicyclic amines) is 1. The zero-order chi connectivity index (χ0) is 17.2. The molecule has 3 heterocycles. The van der Waals surface area contributed by atoms with Gasteiger partial charge in [-0.3, -0.25) is 9.89 Å². The number of carbonyl (C=O) groups excluding carboxylic acids is 1. The fourth-order valence-corrected chi connectivity index (χ4v) is 3.56. The summed E-state index contributed by atoms with van der Waals surface area (Å²) in [5, 5.41) is 7.65. The number of rotatable bonds is 3.